The van der Waals surface area contributed by atoms with Crippen molar-refractivity contribution in [1.82, 2.24) is 0 Å². The number of hydrogen-bond acceptors (Lipinski definition) is 4. The highest BCUT2D eigenvalue weighted by molar-refractivity contribution is 9.13. The molecule has 6 heteroatoms. The molecule has 0 spiro atoms. The fourth-order valence-electron chi connectivity index (χ4n) is 1.77. The predicted octanol–water partition coefficient (Wildman–Crippen LogP) is 4.98. The van der Waals surface area contributed by atoms with Gasteiger partial charge in [-0.2, -0.15) is 0 Å². The van der Waals surface area contributed by atoms with Gasteiger partial charge >= 0.3 is 5.97 Å². The average Bonchev–Trinajstić information content (AvgIpc) is 2.75. The van der Waals surface area contributed by atoms with E-state index in [1.54, 1.807) is 17.4 Å². The molecule has 0 aliphatic rings. The maximum Gasteiger partial charge on any atom is 0.337 e. The number of rotatable bonds is 4. The van der Waals surface area contributed by atoms with E-state index < -0.39 is 0 Å². The van der Waals surface area contributed by atoms with Crippen LogP contribution in [0.25, 0.3) is 0 Å². The molecule has 3 nitrogen and oxygen atoms in total. The lowest BCUT2D eigenvalue weighted by atomic mass is 10.1. The van der Waals surface area contributed by atoms with Crippen molar-refractivity contribution in [2.45, 2.75) is 13.5 Å². The van der Waals surface area contributed by atoms with E-state index in [1.165, 1.54) is 12.0 Å². The maximum absolute atomic E-state index is 11.4. The van der Waals surface area contributed by atoms with Crippen molar-refractivity contribution >= 4 is 54.9 Å². The van der Waals surface area contributed by atoms with Gasteiger partial charge in [0, 0.05) is 21.6 Å². The van der Waals surface area contributed by atoms with E-state index in [0.29, 0.717) is 5.56 Å². The zero-order chi connectivity index (χ0) is 14.7. The smallest absolute Gasteiger partial charge is 0.337 e. The first-order valence-corrected chi connectivity index (χ1v) is 8.28. The molecule has 1 N–H and O–H groups in total. The van der Waals surface area contributed by atoms with Gasteiger partial charge < -0.3 is 10.1 Å². The number of ether oxygens (including phenoxy) is 1. The number of nitrogens with one attached hydrogen (secondary N) is 1. The van der Waals surface area contributed by atoms with Gasteiger partial charge in [0.05, 0.1) is 16.5 Å². The van der Waals surface area contributed by atoms with Crippen LogP contribution in [0.15, 0.2) is 32.5 Å². The second-order valence-electron chi connectivity index (χ2n) is 4.21. The van der Waals surface area contributed by atoms with Crippen molar-refractivity contribution < 1.29 is 9.53 Å². The van der Waals surface area contributed by atoms with Crippen LogP contribution < -0.4 is 5.32 Å². The number of carbonyl (C=O) groups is 1. The molecular weight excluding hydrogens is 406 g/mol. The van der Waals surface area contributed by atoms with E-state index in [-0.39, 0.29) is 5.97 Å². The first kappa shape index (κ1) is 15.5. The van der Waals surface area contributed by atoms with E-state index in [4.69, 9.17) is 4.74 Å². The Kier molecular flexibility index (Phi) is 5.23. The summed E-state index contributed by atoms with van der Waals surface area (Å²) in [6.07, 6.45) is 0. The van der Waals surface area contributed by atoms with Crippen molar-refractivity contribution in [3.63, 3.8) is 0 Å². The molecule has 2 rings (SSSR count). The molecule has 0 fully saturated rings. The number of thiophene rings is 1. The molecule has 20 heavy (non-hydrogen) atoms. The molecule has 2 aromatic rings. The lowest BCUT2D eigenvalue weighted by Crippen LogP contribution is -2.04. The number of hydrogen-bond donors (Lipinski definition) is 1. The highest BCUT2D eigenvalue weighted by Crippen LogP contribution is 2.32. The summed E-state index contributed by atoms with van der Waals surface area (Å²) in [5.41, 5.74) is 2.60. The molecule has 0 aliphatic carbocycles. The Morgan fingerprint density at radius 2 is 2.10 bits per heavy atom. The van der Waals surface area contributed by atoms with Gasteiger partial charge in [-0.25, -0.2) is 4.79 Å². The maximum atomic E-state index is 11.4. The summed E-state index contributed by atoms with van der Waals surface area (Å²) in [6, 6.07) is 7.58. The van der Waals surface area contributed by atoms with Gasteiger partial charge in [0.2, 0.25) is 0 Å². The summed E-state index contributed by atoms with van der Waals surface area (Å²) in [5.74, 6) is -0.314. The number of aryl methyl sites for hydroxylation is 1. The molecule has 0 unspecified atom stereocenters. The molecule has 1 heterocycles. The largest absolute Gasteiger partial charge is 0.465 e. The average molecular weight is 419 g/mol. The Balaban J connectivity index is 2.08. The number of halogens is 2. The van der Waals surface area contributed by atoms with Gasteiger partial charge in [-0.15, -0.1) is 11.3 Å². The Hall–Kier alpha value is -0.850. The third kappa shape index (κ3) is 3.62. The normalized spacial score (nSPS) is 10.4. The van der Waals surface area contributed by atoms with Gasteiger partial charge in [-0.1, -0.05) is 0 Å². The number of anilines is 1. The fraction of sp³-hybridized carbons (Fsp3) is 0.214. The van der Waals surface area contributed by atoms with Crippen LogP contribution in [0, 0.1) is 6.92 Å². The topological polar surface area (TPSA) is 38.3 Å². The third-order valence-corrected chi connectivity index (χ3v) is 6.05. The van der Waals surface area contributed by atoms with Crippen LogP contribution in [-0.4, -0.2) is 13.1 Å². The number of carbonyl (C=O) groups excluding carboxylic acids is 1. The lowest BCUT2D eigenvalue weighted by Gasteiger charge is -2.09. The lowest BCUT2D eigenvalue weighted by molar-refractivity contribution is 0.0600. The van der Waals surface area contributed by atoms with Crippen LogP contribution in [0.5, 0.6) is 0 Å². The summed E-state index contributed by atoms with van der Waals surface area (Å²) in [7, 11) is 1.39. The summed E-state index contributed by atoms with van der Waals surface area (Å²) in [6.45, 7) is 2.71. The zero-order valence-corrected chi connectivity index (χ0v) is 15.0. The Morgan fingerprint density at radius 3 is 2.65 bits per heavy atom. The quantitative estimate of drug-likeness (QED) is 0.711. The first-order valence-electron chi connectivity index (χ1n) is 5.88. The van der Waals surface area contributed by atoms with Gasteiger partial charge in [0.15, 0.2) is 0 Å². The minimum atomic E-state index is -0.314. The second-order valence-corrected chi connectivity index (χ2v) is 7.52. The molecule has 1 aromatic carbocycles. The first-order chi connectivity index (χ1) is 9.51. The van der Waals surface area contributed by atoms with E-state index in [0.717, 1.165) is 26.1 Å². The SMILES string of the molecule is COC(=O)c1ccc(NCc2cc(Br)c(Br)s2)c(C)c1. The Morgan fingerprint density at radius 1 is 1.35 bits per heavy atom. The van der Waals surface area contributed by atoms with Crippen molar-refractivity contribution in [3.8, 4) is 0 Å². The van der Waals surface area contributed by atoms with Gasteiger partial charge in [0.1, 0.15) is 0 Å². The van der Waals surface area contributed by atoms with Crippen LogP contribution in [0.2, 0.25) is 0 Å². The summed E-state index contributed by atoms with van der Waals surface area (Å²) in [5, 5.41) is 3.37. The highest BCUT2D eigenvalue weighted by atomic mass is 79.9. The van der Waals surface area contributed by atoms with Gasteiger partial charge in [0.25, 0.3) is 0 Å². The number of benzene rings is 1. The van der Waals surface area contributed by atoms with Crippen molar-refractivity contribution in [3.05, 3.63) is 48.5 Å². The molecule has 0 atom stereocenters. The number of esters is 1. The minimum Gasteiger partial charge on any atom is -0.465 e. The summed E-state index contributed by atoms with van der Waals surface area (Å²) in [4.78, 5) is 12.7. The molecule has 0 amide bonds. The Labute approximate surface area is 138 Å². The molecule has 0 bridgehead atoms. The summed E-state index contributed by atoms with van der Waals surface area (Å²) >= 11 is 8.64. The highest BCUT2D eigenvalue weighted by Gasteiger charge is 2.08. The van der Waals surface area contributed by atoms with Crippen LogP contribution in [0.4, 0.5) is 5.69 Å². The standard InChI is InChI=1S/C14H13Br2NO2S/c1-8-5-9(14(18)19-2)3-4-12(8)17-7-10-6-11(15)13(16)20-10/h3-6,17H,7H2,1-2H3. The second kappa shape index (κ2) is 6.74. The molecule has 0 radical (unpaired) electrons. The van der Waals surface area contributed by atoms with Gasteiger partial charge in [-0.3, -0.25) is 0 Å². The molecule has 0 saturated carbocycles. The molecule has 1 aromatic heterocycles. The summed E-state index contributed by atoms with van der Waals surface area (Å²) < 4.78 is 6.86. The molecule has 0 saturated heterocycles. The van der Waals surface area contributed by atoms with Crippen LogP contribution in [0.3, 0.4) is 0 Å². The predicted molar refractivity (Wildman–Crippen MR) is 89.6 cm³/mol. The third-order valence-electron chi connectivity index (χ3n) is 2.80. The van der Waals surface area contributed by atoms with Crippen molar-refractivity contribution in [1.29, 1.82) is 0 Å². The molecular formula is C14H13Br2NO2S. The monoisotopic (exact) mass is 417 g/mol. The van der Waals surface area contributed by atoms with Crippen LogP contribution in [-0.2, 0) is 11.3 Å². The van der Waals surface area contributed by atoms with E-state index in [2.05, 4.69) is 43.2 Å². The number of methoxy groups -OCH3 is 1. The minimum absolute atomic E-state index is 0.314. The molecule has 0 aliphatic heterocycles. The van der Waals surface area contributed by atoms with E-state index in [9.17, 15) is 4.79 Å². The Bertz CT molecular complexity index is 621. The van der Waals surface area contributed by atoms with E-state index in [1.807, 2.05) is 19.1 Å². The zero-order valence-electron chi connectivity index (χ0n) is 11.0. The van der Waals surface area contributed by atoms with Crippen LogP contribution in [0.1, 0.15) is 20.8 Å². The molecule has 106 valence electrons. The van der Waals surface area contributed by atoms with Crippen molar-refractivity contribution in [2.24, 2.45) is 0 Å². The fourth-order valence-corrected chi connectivity index (χ4v) is 3.88. The van der Waals surface area contributed by atoms with Gasteiger partial charge in [-0.05, 0) is 68.6 Å². The van der Waals surface area contributed by atoms with Crippen LogP contribution >= 0.6 is 43.2 Å². The van der Waals surface area contributed by atoms with Crippen molar-refractivity contribution in [2.75, 3.05) is 12.4 Å². The van der Waals surface area contributed by atoms with E-state index >= 15 is 0 Å².